The molecule has 0 unspecified atom stereocenters. The Kier molecular flexibility index (Phi) is 4.42. The van der Waals surface area contributed by atoms with Gasteiger partial charge in [0.05, 0.1) is 11.2 Å². The van der Waals surface area contributed by atoms with Gasteiger partial charge in [0.15, 0.2) is 11.0 Å². The summed E-state index contributed by atoms with van der Waals surface area (Å²) in [5.74, 6) is 1.57. The van der Waals surface area contributed by atoms with Crippen LogP contribution < -0.4 is 0 Å². The van der Waals surface area contributed by atoms with Gasteiger partial charge in [-0.05, 0) is 36.4 Å². The van der Waals surface area contributed by atoms with Crippen LogP contribution in [0.15, 0.2) is 65.8 Å². The lowest BCUT2D eigenvalue weighted by atomic mass is 10.2. The van der Waals surface area contributed by atoms with E-state index < -0.39 is 0 Å². The summed E-state index contributed by atoms with van der Waals surface area (Å²) in [6.07, 6.45) is 0. The van der Waals surface area contributed by atoms with Crippen LogP contribution in [0.1, 0.15) is 5.69 Å². The minimum Gasteiger partial charge on any atom is -0.305 e. The molecule has 0 aliphatic carbocycles. The van der Waals surface area contributed by atoms with Crippen molar-refractivity contribution in [3.63, 3.8) is 0 Å². The maximum Gasteiger partial charge on any atom is 0.191 e. The number of pyridine rings is 1. The standard InChI is InChI=1S/C19H15ClN4S/c1-24-18(14-6-9-15(20)10-7-14)22-23-19(24)25-12-16-11-8-13-4-2-3-5-17(13)21-16/h2-11H,12H2,1H3. The van der Waals surface area contributed by atoms with Crippen LogP contribution in [-0.4, -0.2) is 19.7 Å². The van der Waals surface area contributed by atoms with E-state index in [-0.39, 0.29) is 0 Å². The van der Waals surface area contributed by atoms with Crippen molar-refractivity contribution in [1.29, 1.82) is 0 Å². The molecular weight excluding hydrogens is 352 g/mol. The molecule has 4 aromatic rings. The summed E-state index contributed by atoms with van der Waals surface area (Å²) < 4.78 is 1.99. The normalized spacial score (nSPS) is 11.1. The first-order chi connectivity index (χ1) is 12.2. The maximum absolute atomic E-state index is 5.95. The highest BCUT2D eigenvalue weighted by atomic mass is 35.5. The molecule has 0 aliphatic rings. The van der Waals surface area contributed by atoms with E-state index in [4.69, 9.17) is 16.6 Å². The van der Waals surface area contributed by atoms with Gasteiger partial charge in [0, 0.05) is 28.8 Å². The van der Waals surface area contributed by atoms with Crippen LogP contribution in [0, 0.1) is 0 Å². The van der Waals surface area contributed by atoms with Crippen LogP contribution in [0.5, 0.6) is 0 Å². The van der Waals surface area contributed by atoms with Crippen LogP contribution in [0.4, 0.5) is 0 Å². The zero-order valence-electron chi connectivity index (χ0n) is 13.6. The molecule has 0 atom stereocenters. The largest absolute Gasteiger partial charge is 0.305 e. The number of benzene rings is 2. The monoisotopic (exact) mass is 366 g/mol. The van der Waals surface area contributed by atoms with Gasteiger partial charge in [0.1, 0.15) is 0 Å². The summed E-state index contributed by atoms with van der Waals surface area (Å²) in [4.78, 5) is 4.70. The molecule has 0 radical (unpaired) electrons. The van der Waals surface area contributed by atoms with Crippen LogP contribution in [0.2, 0.25) is 5.02 Å². The minimum atomic E-state index is 0.711. The minimum absolute atomic E-state index is 0.711. The van der Waals surface area contributed by atoms with E-state index >= 15 is 0 Å². The molecule has 0 amide bonds. The lowest BCUT2D eigenvalue weighted by Crippen LogP contribution is -1.95. The second-order valence-corrected chi connectivity index (χ2v) is 7.03. The van der Waals surface area contributed by atoms with Gasteiger partial charge in [0.2, 0.25) is 0 Å². The summed E-state index contributed by atoms with van der Waals surface area (Å²) in [6.45, 7) is 0. The number of para-hydroxylation sites is 1. The van der Waals surface area contributed by atoms with Crippen LogP contribution in [0.3, 0.4) is 0 Å². The molecule has 4 nitrogen and oxygen atoms in total. The fourth-order valence-electron chi connectivity index (χ4n) is 2.62. The predicted octanol–water partition coefficient (Wildman–Crippen LogP) is 4.98. The Balaban J connectivity index is 1.53. The summed E-state index contributed by atoms with van der Waals surface area (Å²) in [5.41, 5.74) is 3.04. The second kappa shape index (κ2) is 6.86. The summed E-state index contributed by atoms with van der Waals surface area (Å²) >= 11 is 7.58. The van der Waals surface area contributed by atoms with Gasteiger partial charge in [-0.1, -0.05) is 47.6 Å². The zero-order chi connectivity index (χ0) is 17.2. The van der Waals surface area contributed by atoms with Crippen molar-refractivity contribution >= 4 is 34.3 Å². The molecule has 6 heteroatoms. The smallest absolute Gasteiger partial charge is 0.191 e. The van der Waals surface area contributed by atoms with E-state index in [0.717, 1.165) is 38.9 Å². The van der Waals surface area contributed by atoms with E-state index in [9.17, 15) is 0 Å². The molecule has 0 aliphatic heterocycles. The molecule has 124 valence electrons. The van der Waals surface area contributed by atoms with Crippen molar-refractivity contribution in [3.8, 4) is 11.4 Å². The van der Waals surface area contributed by atoms with Crippen molar-refractivity contribution in [2.75, 3.05) is 0 Å². The Bertz CT molecular complexity index is 1030. The van der Waals surface area contributed by atoms with E-state index in [2.05, 4.69) is 28.4 Å². The number of nitrogens with zero attached hydrogens (tertiary/aromatic N) is 4. The molecule has 0 spiro atoms. The molecule has 0 saturated heterocycles. The van der Waals surface area contributed by atoms with Gasteiger partial charge < -0.3 is 4.57 Å². The Morgan fingerprint density at radius 2 is 1.76 bits per heavy atom. The Morgan fingerprint density at radius 1 is 0.960 bits per heavy atom. The number of halogens is 1. The molecule has 4 rings (SSSR count). The van der Waals surface area contributed by atoms with E-state index in [0.29, 0.717) is 5.02 Å². The average molecular weight is 367 g/mol. The third-order valence-electron chi connectivity index (χ3n) is 3.94. The van der Waals surface area contributed by atoms with Crippen molar-refractivity contribution < 1.29 is 0 Å². The van der Waals surface area contributed by atoms with E-state index in [1.54, 1.807) is 11.8 Å². The zero-order valence-corrected chi connectivity index (χ0v) is 15.1. The molecule has 0 bridgehead atoms. The lowest BCUT2D eigenvalue weighted by molar-refractivity contribution is 0.793. The second-order valence-electron chi connectivity index (χ2n) is 5.66. The van der Waals surface area contributed by atoms with Gasteiger partial charge in [-0.15, -0.1) is 10.2 Å². The first-order valence-electron chi connectivity index (χ1n) is 7.83. The van der Waals surface area contributed by atoms with Crippen molar-refractivity contribution in [1.82, 2.24) is 19.7 Å². The third kappa shape index (κ3) is 3.38. The highest BCUT2D eigenvalue weighted by Crippen LogP contribution is 2.26. The Hall–Kier alpha value is -2.37. The first kappa shape index (κ1) is 16.1. The molecule has 25 heavy (non-hydrogen) atoms. The number of fused-ring (bicyclic) bond motifs is 1. The maximum atomic E-state index is 5.95. The number of rotatable bonds is 4. The molecular formula is C19H15ClN4S. The highest BCUT2D eigenvalue weighted by Gasteiger charge is 2.11. The molecule has 0 N–H and O–H groups in total. The van der Waals surface area contributed by atoms with E-state index in [1.807, 2.05) is 54.1 Å². The van der Waals surface area contributed by atoms with Gasteiger partial charge >= 0.3 is 0 Å². The first-order valence-corrected chi connectivity index (χ1v) is 9.20. The number of hydrogen-bond acceptors (Lipinski definition) is 4. The summed E-state index contributed by atoms with van der Waals surface area (Å²) in [7, 11) is 1.97. The Morgan fingerprint density at radius 3 is 2.60 bits per heavy atom. The van der Waals surface area contributed by atoms with Gasteiger partial charge in [0.25, 0.3) is 0 Å². The quantitative estimate of drug-likeness (QED) is 0.478. The van der Waals surface area contributed by atoms with E-state index in [1.165, 1.54) is 0 Å². The number of aromatic nitrogens is 4. The van der Waals surface area contributed by atoms with Crippen molar-refractivity contribution in [3.05, 3.63) is 71.4 Å². The van der Waals surface area contributed by atoms with Crippen molar-refractivity contribution in [2.24, 2.45) is 7.05 Å². The van der Waals surface area contributed by atoms with Crippen LogP contribution in [0.25, 0.3) is 22.3 Å². The molecule has 2 aromatic carbocycles. The van der Waals surface area contributed by atoms with Gasteiger partial charge in [-0.25, -0.2) is 0 Å². The van der Waals surface area contributed by atoms with Crippen LogP contribution >= 0.6 is 23.4 Å². The lowest BCUT2D eigenvalue weighted by Gasteiger charge is -2.05. The molecule has 2 heterocycles. The molecule has 0 fully saturated rings. The topological polar surface area (TPSA) is 43.6 Å². The number of hydrogen-bond donors (Lipinski definition) is 0. The fraction of sp³-hybridized carbons (Fsp3) is 0.105. The van der Waals surface area contributed by atoms with Gasteiger partial charge in [-0.2, -0.15) is 0 Å². The predicted molar refractivity (Wildman–Crippen MR) is 103 cm³/mol. The van der Waals surface area contributed by atoms with Crippen molar-refractivity contribution in [2.45, 2.75) is 10.9 Å². The van der Waals surface area contributed by atoms with Crippen LogP contribution in [-0.2, 0) is 12.8 Å². The Labute approximate surface area is 154 Å². The fourth-order valence-corrected chi connectivity index (χ4v) is 3.56. The highest BCUT2D eigenvalue weighted by molar-refractivity contribution is 7.98. The third-order valence-corrected chi connectivity index (χ3v) is 5.25. The average Bonchev–Trinajstić information content (AvgIpc) is 3.01. The number of thioether (sulfide) groups is 1. The summed E-state index contributed by atoms with van der Waals surface area (Å²) in [6, 6.07) is 19.9. The van der Waals surface area contributed by atoms with Gasteiger partial charge in [-0.3, -0.25) is 4.98 Å². The summed E-state index contributed by atoms with van der Waals surface area (Å²) in [5, 5.41) is 11.3. The SMILES string of the molecule is Cn1c(SCc2ccc3ccccc3n2)nnc1-c1ccc(Cl)cc1. The molecule has 0 saturated carbocycles. The molecule has 2 aromatic heterocycles.